The molecule has 0 bridgehead atoms. The van der Waals surface area contributed by atoms with E-state index in [1.165, 1.54) is 37.0 Å². The molecule has 6 rings (SSSR count). The van der Waals surface area contributed by atoms with Crippen molar-refractivity contribution in [1.29, 1.82) is 0 Å². The number of hydrogen-bond donors (Lipinski definition) is 4. The minimum absolute atomic E-state index is 0.0158. The Morgan fingerprint density at radius 2 is 1.91 bits per heavy atom. The summed E-state index contributed by atoms with van der Waals surface area (Å²) in [5.41, 5.74) is 2.68. The predicted molar refractivity (Wildman–Crippen MR) is 173 cm³/mol. The van der Waals surface area contributed by atoms with Crippen LogP contribution in [0.15, 0.2) is 23.0 Å². The molecule has 0 saturated heterocycles. The first kappa shape index (κ1) is 33.6. The van der Waals surface area contributed by atoms with E-state index in [0.717, 1.165) is 19.5 Å². The summed E-state index contributed by atoms with van der Waals surface area (Å²) >= 11 is 0. The van der Waals surface area contributed by atoms with Crippen LogP contribution in [-0.4, -0.2) is 88.0 Å². The molecule has 5 aliphatic carbocycles. The summed E-state index contributed by atoms with van der Waals surface area (Å²) in [6.07, 6.45) is 8.74. The maximum Gasteiger partial charge on any atom is 0.255 e. The summed E-state index contributed by atoms with van der Waals surface area (Å²) in [6, 6.07) is 0.444. The molecular formula is C36H47FN3O7-. The smallest absolute Gasteiger partial charge is 0.255 e. The lowest BCUT2D eigenvalue weighted by Crippen LogP contribution is -2.65. The third-order valence-corrected chi connectivity index (χ3v) is 11.4. The number of halogens is 1. The third kappa shape index (κ3) is 5.48. The zero-order valence-corrected chi connectivity index (χ0v) is 27.8. The van der Waals surface area contributed by atoms with Crippen molar-refractivity contribution in [3.8, 4) is 5.75 Å². The van der Waals surface area contributed by atoms with Gasteiger partial charge in [-0.1, -0.05) is 13.3 Å². The number of amides is 1. The number of benzene rings is 1. The first-order chi connectivity index (χ1) is 22.3. The molecule has 256 valence electrons. The number of Topliss-reactive ketones (excluding diaryl/α,β-unsaturated/α-hetero) is 2. The van der Waals surface area contributed by atoms with Gasteiger partial charge in [-0.3, -0.25) is 30.6 Å². The summed E-state index contributed by atoms with van der Waals surface area (Å²) in [6.45, 7) is 6.39. The van der Waals surface area contributed by atoms with Gasteiger partial charge in [0.25, 0.3) is 5.91 Å². The van der Waals surface area contributed by atoms with Gasteiger partial charge in [0.15, 0.2) is 11.4 Å². The quantitative estimate of drug-likeness (QED) is 0.195. The predicted octanol–water partition coefficient (Wildman–Crippen LogP) is 3.79. The van der Waals surface area contributed by atoms with Crippen molar-refractivity contribution < 1.29 is 38.8 Å². The lowest BCUT2D eigenvalue weighted by atomic mass is 9.57. The van der Waals surface area contributed by atoms with Crippen molar-refractivity contribution in [2.24, 2.45) is 28.9 Å². The van der Waals surface area contributed by atoms with E-state index in [2.05, 4.69) is 11.8 Å². The van der Waals surface area contributed by atoms with Crippen molar-refractivity contribution in [1.82, 2.24) is 9.80 Å². The summed E-state index contributed by atoms with van der Waals surface area (Å²) < 4.78 is 22.8. The lowest BCUT2D eigenvalue weighted by Gasteiger charge is -2.50. The van der Waals surface area contributed by atoms with E-state index in [4.69, 9.17) is 10.5 Å². The first-order valence-electron chi connectivity index (χ1n) is 16.9. The van der Waals surface area contributed by atoms with Crippen molar-refractivity contribution in [2.45, 2.75) is 83.4 Å². The number of fused-ring (bicyclic) bond motifs is 3. The Kier molecular flexibility index (Phi) is 8.80. The number of primary amides is 1. The number of ether oxygens (including phenoxy) is 1. The minimum atomic E-state index is -2.69. The van der Waals surface area contributed by atoms with E-state index in [-0.39, 0.29) is 47.3 Å². The van der Waals surface area contributed by atoms with Gasteiger partial charge >= 0.3 is 0 Å². The van der Waals surface area contributed by atoms with Crippen LogP contribution < -0.4 is 10.5 Å². The second-order valence-corrected chi connectivity index (χ2v) is 14.7. The zero-order chi connectivity index (χ0) is 34.0. The largest absolute Gasteiger partial charge is 0.524 e. The van der Waals surface area contributed by atoms with Gasteiger partial charge in [-0.05, 0) is 89.0 Å². The molecule has 1 aromatic rings. The van der Waals surface area contributed by atoms with Gasteiger partial charge in [0.1, 0.15) is 28.7 Å². The molecule has 47 heavy (non-hydrogen) atoms. The van der Waals surface area contributed by atoms with Gasteiger partial charge < -0.3 is 25.8 Å². The average molecular weight is 653 g/mol. The monoisotopic (exact) mass is 652 g/mol. The molecular weight excluding hydrogens is 605 g/mol. The second kappa shape index (κ2) is 12.3. The number of rotatable bonds is 12. The topological polar surface area (TPSA) is 154 Å². The molecule has 0 aromatic heterocycles. The van der Waals surface area contributed by atoms with Crippen molar-refractivity contribution in [2.75, 3.05) is 33.8 Å². The molecule has 11 heteroatoms. The van der Waals surface area contributed by atoms with Crippen LogP contribution in [0.25, 0.3) is 5.76 Å². The van der Waals surface area contributed by atoms with Crippen LogP contribution >= 0.6 is 0 Å². The van der Waals surface area contributed by atoms with Gasteiger partial charge in [-0.15, -0.1) is 0 Å². The molecule has 3 saturated carbocycles. The number of carbonyl (C=O) groups is 3. The Balaban J connectivity index is 1.45. The SMILES string of the molecule is C[CH-]COc1cc(CN(CC2CC2)CC2(CC)CCC2)c(F)c2c1C(O)=C1C(=O)C3(O)C(O)=C(C(N)=O)C(=O)C(N(C)C)C3CC1C2. The molecule has 0 radical (unpaired) electrons. The van der Waals surface area contributed by atoms with Gasteiger partial charge in [0, 0.05) is 42.3 Å². The van der Waals surface area contributed by atoms with E-state index in [0.29, 0.717) is 18.0 Å². The third-order valence-electron chi connectivity index (χ3n) is 11.4. The summed E-state index contributed by atoms with van der Waals surface area (Å²) in [4.78, 5) is 43.7. The first-order valence-corrected chi connectivity index (χ1v) is 16.9. The van der Waals surface area contributed by atoms with Gasteiger partial charge in [-0.2, -0.15) is 6.92 Å². The fraction of sp³-hybridized carbons (Fsp3) is 0.611. The molecule has 5 aliphatic rings. The molecule has 1 aromatic carbocycles. The second-order valence-electron chi connectivity index (χ2n) is 14.7. The highest BCUT2D eigenvalue weighted by Gasteiger charge is 2.64. The van der Waals surface area contributed by atoms with Crippen molar-refractivity contribution in [3.63, 3.8) is 0 Å². The van der Waals surface area contributed by atoms with Crippen LogP contribution in [0.3, 0.4) is 0 Å². The highest BCUT2D eigenvalue weighted by Crippen LogP contribution is 2.53. The average Bonchev–Trinajstić information content (AvgIpc) is 3.81. The van der Waals surface area contributed by atoms with E-state index in [1.54, 1.807) is 26.6 Å². The van der Waals surface area contributed by atoms with Gasteiger partial charge in [-0.25, -0.2) is 4.39 Å². The summed E-state index contributed by atoms with van der Waals surface area (Å²) in [7, 11) is 3.13. The maximum absolute atomic E-state index is 16.8. The van der Waals surface area contributed by atoms with Crippen LogP contribution in [0.4, 0.5) is 4.39 Å². The Morgan fingerprint density at radius 1 is 1.21 bits per heavy atom. The minimum Gasteiger partial charge on any atom is -0.524 e. The molecule has 4 unspecified atom stereocenters. The number of carbonyl (C=O) groups excluding carboxylic acids is 3. The molecule has 10 nitrogen and oxygen atoms in total. The zero-order valence-electron chi connectivity index (χ0n) is 27.8. The fourth-order valence-electron chi connectivity index (χ4n) is 8.60. The molecule has 5 N–H and O–H groups in total. The number of nitrogens with two attached hydrogens (primary N) is 1. The van der Waals surface area contributed by atoms with E-state index < -0.39 is 63.9 Å². The number of likely N-dealkylation sites (N-methyl/N-ethyl adjacent to an activating group) is 1. The molecule has 0 aliphatic heterocycles. The fourth-order valence-corrected chi connectivity index (χ4v) is 8.60. The Bertz CT molecular complexity index is 1550. The number of aliphatic hydroxyl groups is 3. The number of nitrogens with zero attached hydrogens (tertiary/aromatic N) is 2. The van der Waals surface area contributed by atoms with Crippen LogP contribution in [-0.2, 0) is 27.3 Å². The van der Waals surface area contributed by atoms with Crippen LogP contribution in [0, 0.1) is 35.4 Å². The van der Waals surface area contributed by atoms with Crippen LogP contribution in [0.1, 0.15) is 75.5 Å². The Hall–Kier alpha value is -3.28. The highest BCUT2D eigenvalue weighted by molar-refractivity contribution is 6.24. The van der Waals surface area contributed by atoms with Crippen LogP contribution in [0.2, 0.25) is 0 Å². The number of hydrogen-bond acceptors (Lipinski definition) is 9. The molecule has 3 fully saturated rings. The lowest BCUT2D eigenvalue weighted by molar-refractivity contribution is -0.153. The Morgan fingerprint density at radius 3 is 2.47 bits per heavy atom. The summed E-state index contributed by atoms with van der Waals surface area (Å²) in [5.74, 6) is -6.34. The van der Waals surface area contributed by atoms with E-state index in [1.807, 2.05) is 6.92 Å². The molecule has 1 amide bonds. The van der Waals surface area contributed by atoms with E-state index >= 15 is 4.39 Å². The number of aliphatic hydroxyl groups excluding tert-OH is 2. The Labute approximate surface area is 275 Å². The molecule has 4 atom stereocenters. The molecule has 0 heterocycles. The van der Waals surface area contributed by atoms with Crippen LogP contribution in [0.5, 0.6) is 5.75 Å². The normalized spacial score (nSPS) is 28.3. The highest BCUT2D eigenvalue weighted by atomic mass is 19.1. The summed E-state index contributed by atoms with van der Waals surface area (Å²) in [5, 5.41) is 34.8. The van der Waals surface area contributed by atoms with Crippen molar-refractivity contribution >= 4 is 23.2 Å². The van der Waals surface area contributed by atoms with Crippen molar-refractivity contribution in [3.05, 3.63) is 51.9 Å². The number of ketones is 2. The molecule has 0 spiro atoms. The maximum atomic E-state index is 16.8. The van der Waals surface area contributed by atoms with Gasteiger partial charge in [0.05, 0.1) is 11.6 Å². The van der Waals surface area contributed by atoms with Gasteiger partial charge in [0.2, 0.25) is 5.78 Å². The van der Waals surface area contributed by atoms with E-state index in [9.17, 15) is 29.7 Å². The standard InChI is InChI=1S/C36H47FN3O7/c1-5-12-47-24-15-21(17-40(16-19-8-9-19)18-35(6-2)10-7-11-35)28(37)22-13-20-14-23-29(39(3)4)31(42)27(34(38)45)33(44)36(23,46)32(43)25(20)30(41)26(22)24/h5,15,19-20,23,29,41,44,46H,6-14,16-18H2,1-4H3,(H2,38,45)/q-1.